The number of thiophene rings is 1. The minimum absolute atomic E-state index is 0.0109. The highest BCUT2D eigenvalue weighted by Crippen LogP contribution is 2.44. The molecule has 0 unspecified atom stereocenters. The SMILES string of the molecule is CCn1cc(-c2cc(C(F)(F)F)nc3sc(C(N)=O)c(NC(=O)c4ccc(COc5cc(C)c(Cl)cc5C(C)C)o4)c23)c(C)n1. The van der Waals surface area contributed by atoms with Crippen LogP contribution in [0.3, 0.4) is 0 Å². The molecule has 0 aliphatic rings. The maximum absolute atomic E-state index is 13.9. The highest BCUT2D eigenvalue weighted by Gasteiger charge is 2.35. The Morgan fingerprint density at radius 3 is 2.53 bits per heavy atom. The van der Waals surface area contributed by atoms with Crippen molar-refractivity contribution in [2.24, 2.45) is 5.73 Å². The molecule has 0 atom stereocenters. The Hall–Kier alpha value is -4.36. The number of fused-ring (bicyclic) bond motifs is 1. The van der Waals surface area contributed by atoms with Crippen LogP contribution in [0, 0.1) is 13.8 Å². The Labute approximate surface area is 265 Å². The number of aromatic nitrogens is 3. The van der Waals surface area contributed by atoms with E-state index in [9.17, 15) is 22.8 Å². The molecule has 4 aromatic heterocycles. The first kappa shape index (κ1) is 32.0. The van der Waals surface area contributed by atoms with Crippen LogP contribution < -0.4 is 15.8 Å². The van der Waals surface area contributed by atoms with E-state index in [1.165, 1.54) is 6.07 Å². The van der Waals surface area contributed by atoms with E-state index in [4.69, 9.17) is 26.5 Å². The van der Waals surface area contributed by atoms with Crippen molar-refractivity contribution in [3.05, 3.63) is 80.5 Å². The second kappa shape index (κ2) is 12.2. The fourth-order valence-corrected chi connectivity index (χ4v) is 6.02. The summed E-state index contributed by atoms with van der Waals surface area (Å²) in [5, 5.41) is 7.75. The van der Waals surface area contributed by atoms with E-state index in [0.29, 0.717) is 45.7 Å². The Morgan fingerprint density at radius 1 is 1.18 bits per heavy atom. The normalized spacial score (nSPS) is 11.9. The number of nitrogens with zero attached hydrogens (tertiary/aromatic N) is 3. The van der Waals surface area contributed by atoms with E-state index in [0.717, 1.165) is 17.2 Å². The standard InChI is InChI=1S/C31H29ClF3N5O4S/c1-6-40-12-20(16(5)39-40)19-11-24(31(33,34)35)37-30-25(19)26(27(45-30)28(36)41)38-29(42)22-8-7-17(44-22)13-43-23-9-15(4)21(32)10-18(23)14(2)3/h7-12,14H,6,13H2,1-5H3,(H2,36,41)(H,38,42). The molecule has 0 bridgehead atoms. The summed E-state index contributed by atoms with van der Waals surface area (Å²) in [6.45, 7) is 9.87. The van der Waals surface area contributed by atoms with E-state index < -0.39 is 23.7 Å². The molecule has 2 amide bonds. The summed E-state index contributed by atoms with van der Waals surface area (Å²) in [7, 11) is 0. The number of hydrogen-bond acceptors (Lipinski definition) is 7. The van der Waals surface area contributed by atoms with Gasteiger partial charge in [0, 0.05) is 28.7 Å². The van der Waals surface area contributed by atoms with E-state index in [1.807, 2.05) is 39.8 Å². The van der Waals surface area contributed by atoms with Gasteiger partial charge >= 0.3 is 6.18 Å². The summed E-state index contributed by atoms with van der Waals surface area (Å²) in [5.74, 6) is -0.696. The van der Waals surface area contributed by atoms with Crippen molar-refractivity contribution in [1.29, 1.82) is 0 Å². The van der Waals surface area contributed by atoms with Crippen molar-refractivity contribution in [2.75, 3.05) is 5.32 Å². The molecule has 0 radical (unpaired) electrons. The highest BCUT2D eigenvalue weighted by atomic mass is 35.5. The largest absolute Gasteiger partial charge is 0.485 e. The Balaban J connectivity index is 1.51. The minimum Gasteiger partial charge on any atom is -0.485 e. The molecule has 0 spiro atoms. The molecule has 0 saturated heterocycles. The lowest BCUT2D eigenvalue weighted by atomic mass is 10.0. The monoisotopic (exact) mass is 659 g/mol. The number of nitrogens with two attached hydrogens (primary N) is 1. The van der Waals surface area contributed by atoms with E-state index in [-0.39, 0.29) is 44.6 Å². The third kappa shape index (κ3) is 6.40. The number of pyridine rings is 1. The first-order valence-corrected chi connectivity index (χ1v) is 15.1. The Kier molecular flexibility index (Phi) is 8.69. The van der Waals surface area contributed by atoms with Crippen LogP contribution in [0.25, 0.3) is 21.3 Å². The summed E-state index contributed by atoms with van der Waals surface area (Å²) in [6, 6.07) is 7.57. The summed E-state index contributed by atoms with van der Waals surface area (Å²) >= 11 is 6.95. The lowest BCUT2D eigenvalue weighted by molar-refractivity contribution is -0.140. The molecule has 9 nitrogen and oxygen atoms in total. The van der Waals surface area contributed by atoms with Crippen LogP contribution in [-0.2, 0) is 19.3 Å². The number of alkyl halides is 3. The predicted molar refractivity (Wildman–Crippen MR) is 166 cm³/mol. The Bertz CT molecular complexity index is 1940. The van der Waals surface area contributed by atoms with Crippen molar-refractivity contribution in [1.82, 2.24) is 14.8 Å². The van der Waals surface area contributed by atoms with Crippen LogP contribution in [0.1, 0.15) is 75.2 Å². The minimum atomic E-state index is -4.77. The zero-order valence-corrected chi connectivity index (χ0v) is 26.5. The quantitative estimate of drug-likeness (QED) is 0.165. The van der Waals surface area contributed by atoms with Gasteiger partial charge in [-0.05, 0) is 73.7 Å². The zero-order valence-electron chi connectivity index (χ0n) is 24.9. The lowest BCUT2D eigenvalue weighted by Crippen LogP contribution is -2.16. The van der Waals surface area contributed by atoms with Gasteiger partial charge in [-0.25, -0.2) is 4.98 Å². The average molecular weight is 660 g/mol. The molecule has 0 aliphatic heterocycles. The number of aryl methyl sites for hydroxylation is 3. The van der Waals surface area contributed by atoms with Gasteiger partial charge in [0.2, 0.25) is 0 Å². The smallest absolute Gasteiger partial charge is 0.433 e. The number of hydrogen-bond donors (Lipinski definition) is 2. The average Bonchev–Trinajstić information content (AvgIpc) is 3.69. The van der Waals surface area contributed by atoms with Crippen LogP contribution in [0.2, 0.25) is 5.02 Å². The Morgan fingerprint density at radius 2 is 1.91 bits per heavy atom. The number of ether oxygens (including phenoxy) is 1. The first-order valence-electron chi connectivity index (χ1n) is 13.9. The molecule has 1 aromatic carbocycles. The third-order valence-corrected chi connectivity index (χ3v) is 8.65. The van der Waals surface area contributed by atoms with Gasteiger partial charge in [-0.2, -0.15) is 18.3 Å². The summed E-state index contributed by atoms with van der Waals surface area (Å²) in [6.07, 6.45) is -3.17. The predicted octanol–water partition coefficient (Wildman–Crippen LogP) is 8.12. The van der Waals surface area contributed by atoms with Gasteiger partial charge in [0.25, 0.3) is 11.8 Å². The number of halogens is 4. The molecular weight excluding hydrogens is 631 g/mol. The molecule has 3 N–H and O–H groups in total. The molecule has 0 saturated carbocycles. The van der Waals surface area contributed by atoms with Crippen LogP contribution in [0.5, 0.6) is 5.75 Å². The van der Waals surface area contributed by atoms with Crippen LogP contribution in [0.15, 0.2) is 40.9 Å². The highest BCUT2D eigenvalue weighted by molar-refractivity contribution is 7.21. The van der Waals surface area contributed by atoms with Crippen LogP contribution in [-0.4, -0.2) is 26.6 Å². The van der Waals surface area contributed by atoms with Crippen LogP contribution in [0.4, 0.5) is 18.9 Å². The fraction of sp³-hybridized carbons (Fsp3) is 0.290. The van der Waals surface area contributed by atoms with E-state index >= 15 is 0 Å². The second-order valence-corrected chi connectivity index (χ2v) is 12.1. The number of carbonyl (C=O) groups is 2. The van der Waals surface area contributed by atoms with Crippen molar-refractivity contribution in [3.8, 4) is 16.9 Å². The van der Waals surface area contributed by atoms with Gasteiger partial charge in [0.1, 0.15) is 33.5 Å². The molecular formula is C31H29ClF3N5O4S. The molecule has 5 aromatic rings. The number of nitrogens with one attached hydrogen (secondary N) is 1. The number of furan rings is 1. The molecule has 14 heteroatoms. The van der Waals surface area contributed by atoms with Gasteiger partial charge < -0.3 is 20.2 Å². The maximum atomic E-state index is 13.9. The van der Waals surface area contributed by atoms with Gasteiger partial charge in [-0.15, -0.1) is 11.3 Å². The number of primary amides is 1. The second-order valence-electron chi connectivity index (χ2n) is 10.7. The van der Waals surface area contributed by atoms with Crippen molar-refractivity contribution in [3.63, 3.8) is 0 Å². The lowest BCUT2D eigenvalue weighted by Gasteiger charge is -2.15. The summed E-state index contributed by atoms with van der Waals surface area (Å²) < 4.78 is 55.0. The molecule has 45 heavy (non-hydrogen) atoms. The molecule has 0 aliphatic carbocycles. The number of amides is 2. The first-order chi connectivity index (χ1) is 21.2. The number of anilines is 1. The van der Waals surface area contributed by atoms with Crippen molar-refractivity contribution in [2.45, 2.75) is 59.9 Å². The van der Waals surface area contributed by atoms with Gasteiger partial charge in [-0.3, -0.25) is 14.3 Å². The third-order valence-electron chi connectivity index (χ3n) is 7.14. The van der Waals surface area contributed by atoms with Gasteiger partial charge in [0.05, 0.1) is 11.4 Å². The van der Waals surface area contributed by atoms with Gasteiger partial charge in [0.15, 0.2) is 5.76 Å². The van der Waals surface area contributed by atoms with E-state index in [1.54, 1.807) is 23.9 Å². The number of rotatable bonds is 9. The summed E-state index contributed by atoms with van der Waals surface area (Å²) in [4.78, 5) is 29.4. The molecule has 0 fully saturated rings. The van der Waals surface area contributed by atoms with E-state index in [2.05, 4.69) is 15.4 Å². The maximum Gasteiger partial charge on any atom is 0.433 e. The topological polar surface area (TPSA) is 125 Å². The number of carbonyl (C=O) groups excluding carboxylic acids is 2. The molecule has 4 heterocycles. The van der Waals surface area contributed by atoms with Gasteiger partial charge in [-0.1, -0.05) is 25.4 Å². The van der Waals surface area contributed by atoms with Crippen molar-refractivity contribution >= 4 is 50.7 Å². The summed E-state index contributed by atoms with van der Waals surface area (Å²) in [5.41, 5.74) is 7.08. The molecule has 5 rings (SSSR count). The van der Waals surface area contributed by atoms with Crippen LogP contribution >= 0.6 is 22.9 Å². The van der Waals surface area contributed by atoms with Crippen molar-refractivity contribution < 1.29 is 31.9 Å². The fourth-order valence-electron chi connectivity index (χ4n) is 4.84. The molecule has 236 valence electrons. The zero-order chi connectivity index (χ0) is 32.8. The number of benzene rings is 1.